The van der Waals surface area contributed by atoms with E-state index in [1.165, 1.54) is 18.3 Å². The Labute approximate surface area is 114 Å². The van der Waals surface area contributed by atoms with Crippen molar-refractivity contribution >= 4 is 28.9 Å². The third kappa shape index (κ3) is 3.20. The zero-order valence-corrected chi connectivity index (χ0v) is 10.8. The third-order valence-corrected chi connectivity index (χ3v) is 2.79. The van der Waals surface area contributed by atoms with Crippen molar-refractivity contribution in [2.75, 3.05) is 17.7 Å². The molecular formula is C13H11ClFN3O. The summed E-state index contributed by atoms with van der Waals surface area (Å²) >= 11 is 5.87. The number of anilines is 2. The van der Waals surface area contributed by atoms with Crippen molar-refractivity contribution in [3.8, 4) is 0 Å². The number of amides is 1. The van der Waals surface area contributed by atoms with Gasteiger partial charge in [-0.15, -0.1) is 0 Å². The Balaban J connectivity index is 2.22. The lowest BCUT2D eigenvalue weighted by molar-refractivity contribution is 0.102. The number of carbonyl (C=O) groups excluding carboxylic acids is 1. The summed E-state index contributed by atoms with van der Waals surface area (Å²) in [4.78, 5) is 15.9. The number of nitrogens with one attached hydrogen (secondary N) is 2. The van der Waals surface area contributed by atoms with Gasteiger partial charge in [-0.2, -0.15) is 0 Å². The normalized spacial score (nSPS) is 10.1. The molecule has 0 aliphatic rings. The minimum Gasteiger partial charge on any atom is -0.388 e. The Bertz CT molecular complexity index is 619. The van der Waals surface area contributed by atoms with Crippen molar-refractivity contribution in [3.63, 3.8) is 0 Å². The molecule has 2 N–H and O–H groups in total. The average Bonchev–Trinajstić information content (AvgIpc) is 2.43. The standard InChI is InChI=1S/C13H11ClFN3O/c1-16-9-4-5-17-12(7-9)13(19)18-11-6-8(15)2-3-10(11)14/h2-7H,1H3,(H,16,17)(H,18,19). The quantitative estimate of drug-likeness (QED) is 0.907. The summed E-state index contributed by atoms with van der Waals surface area (Å²) in [6.45, 7) is 0. The molecule has 0 unspecified atom stereocenters. The Kier molecular flexibility index (Phi) is 3.97. The first-order valence-electron chi connectivity index (χ1n) is 5.50. The fourth-order valence-corrected chi connectivity index (χ4v) is 1.65. The second-order valence-corrected chi connectivity index (χ2v) is 4.17. The van der Waals surface area contributed by atoms with Gasteiger partial charge in [-0.1, -0.05) is 11.6 Å². The molecule has 6 heteroatoms. The molecule has 0 aliphatic carbocycles. The number of rotatable bonds is 3. The van der Waals surface area contributed by atoms with Gasteiger partial charge in [-0.3, -0.25) is 9.78 Å². The molecule has 1 amide bonds. The maximum atomic E-state index is 13.1. The predicted molar refractivity (Wildman–Crippen MR) is 73.1 cm³/mol. The molecule has 1 aromatic heterocycles. The second-order valence-electron chi connectivity index (χ2n) is 3.76. The summed E-state index contributed by atoms with van der Waals surface area (Å²) in [6, 6.07) is 7.07. The van der Waals surface area contributed by atoms with Gasteiger partial charge in [0.25, 0.3) is 5.91 Å². The van der Waals surface area contributed by atoms with Crippen LogP contribution in [-0.2, 0) is 0 Å². The van der Waals surface area contributed by atoms with Crippen LogP contribution in [0.25, 0.3) is 0 Å². The van der Waals surface area contributed by atoms with E-state index in [4.69, 9.17) is 11.6 Å². The zero-order chi connectivity index (χ0) is 13.8. The first kappa shape index (κ1) is 13.3. The van der Waals surface area contributed by atoms with E-state index in [0.717, 1.165) is 11.8 Å². The Morgan fingerprint density at radius 2 is 2.11 bits per heavy atom. The maximum Gasteiger partial charge on any atom is 0.274 e. The minimum absolute atomic E-state index is 0.211. The number of benzene rings is 1. The molecule has 19 heavy (non-hydrogen) atoms. The Morgan fingerprint density at radius 1 is 1.32 bits per heavy atom. The van der Waals surface area contributed by atoms with E-state index in [0.29, 0.717) is 0 Å². The molecule has 4 nitrogen and oxygen atoms in total. The van der Waals surface area contributed by atoms with Crippen LogP contribution in [0.3, 0.4) is 0 Å². The number of hydrogen-bond acceptors (Lipinski definition) is 3. The molecule has 0 saturated carbocycles. The molecule has 0 atom stereocenters. The summed E-state index contributed by atoms with van der Waals surface area (Å²) in [5.74, 6) is -0.929. The first-order chi connectivity index (χ1) is 9.10. The van der Waals surface area contributed by atoms with Gasteiger partial charge in [-0.25, -0.2) is 4.39 Å². The van der Waals surface area contributed by atoms with Crippen LogP contribution in [-0.4, -0.2) is 17.9 Å². The number of hydrogen-bond donors (Lipinski definition) is 2. The van der Waals surface area contributed by atoms with E-state index in [9.17, 15) is 9.18 Å². The first-order valence-corrected chi connectivity index (χ1v) is 5.88. The van der Waals surface area contributed by atoms with Crippen LogP contribution >= 0.6 is 11.6 Å². The lowest BCUT2D eigenvalue weighted by Crippen LogP contribution is -2.14. The minimum atomic E-state index is -0.475. The lowest BCUT2D eigenvalue weighted by Gasteiger charge is -2.07. The summed E-state index contributed by atoms with van der Waals surface area (Å²) < 4.78 is 13.1. The van der Waals surface area contributed by atoms with Crippen LogP contribution in [0.5, 0.6) is 0 Å². The molecule has 2 rings (SSSR count). The van der Waals surface area contributed by atoms with Gasteiger partial charge in [0, 0.05) is 18.9 Å². The van der Waals surface area contributed by atoms with Crippen LogP contribution in [0, 0.1) is 5.82 Å². The van der Waals surface area contributed by atoms with Crippen molar-refractivity contribution in [2.45, 2.75) is 0 Å². The highest BCUT2D eigenvalue weighted by Crippen LogP contribution is 2.23. The van der Waals surface area contributed by atoms with Crippen LogP contribution in [0.15, 0.2) is 36.5 Å². The van der Waals surface area contributed by atoms with Crippen molar-refractivity contribution in [1.82, 2.24) is 4.98 Å². The van der Waals surface area contributed by atoms with Gasteiger partial charge in [0.1, 0.15) is 11.5 Å². The van der Waals surface area contributed by atoms with Gasteiger partial charge >= 0.3 is 0 Å². The van der Waals surface area contributed by atoms with Crippen LogP contribution in [0.4, 0.5) is 15.8 Å². The largest absolute Gasteiger partial charge is 0.388 e. The summed E-state index contributed by atoms with van der Waals surface area (Å²) in [5.41, 5.74) is 1.18. The Hall–Kier alpha value is -2.14. The van der Waals surface area contributed by atoms with Gasteiger partial charge in [-0.05, 0) is 30.3 Å². The van der Waals surface area contributed by atoms with Gasteiger partial charge in [0.2, 0.25) is 0 Å². The molecule has 98 valence electrons. The van der Waals surface area contributed by atoms with Crippen LogP contribution in [0.2, 0.25) is 5.02 Å². The number of halogens is 2. The number of pyridine rings is 1. The van der Waals surface area contributed by atoms with E-state index >= 15 is 0 Å². The molecule has 1 aromatic carbocycles. The molecule has 0 radical (unpaired) electrons. The van der Waals surface area contributed by atoms with Crippen molar-refractivity contribution in [3.05, 3.63) is 53.1 Å². The molecule has 1 heterocycles. The summed E-state index contributed by atoms with van der Waals surface area (Å²) in [5, 5.41) is 5.68. The van der Waals surface area contributed by atoms with Gasteiger partial charge in [0.05, 0.1) is 10.7 Å². The van der Waals surface area contributed by atoms with Crippen molar-refractivity contribution < 1.29 is 9.18 Å². The van der Waals surface area contributed by atoms with E-state index in [-0.39, 0.29) is 16.4 Å². The van der Waals surface area contributed by atoms with E-state index in [1.54, 1.807) is 19.2 Å². The molecule has 0 fully saturated rings. The van der Waals surface area contributed by atoms with Crippen LogP contribution < -0.4 is 10.6 Å². The van der Waals surface area contributed by atoms with E-state index in [1.807, 2.05) is 0 Å². The number of nitrogens with zero attached hydrogens (tertiary/aromatic N) is 1. The van der Waals surface area contributed by atoms with Gasteiger partial charge in [0.15, 0.2) is 0 Å². The highest BCUT2D eigenvalue weighted by molar-refractivity contribution is 6.33. The van der Waals surface area contributed by atoms with Crippen molar-refractivity contribution in [2.24, 2.45) is 0 Å². The van der Waals surface area contributed by atoms with E-state index < -0.39 is 11.7 Å². The molecule has 0 spiro atoms. The number of aromatic nitrogens is 1. The smallest absolute Gasteiger partial charge is 0.274 e. The van der Waals surface area contributed by atoms with Crippen molar-refractivity contribution in [1.29, 1.82) is 0 Å². The van der Waals surface area contributed by atoms with E-state index in [2.05, 4.69) is 15.6 Å². The number of carbonyl (C=O) groups is 1. The molecule has 0 bridgehead atoms. The zero-order valence-electron chi connectivity index (χ0n) is 10.1. The fraction of sp³-hybridized carbons (Fsp3) is 0.0769. The third-order valence-electron chi connectivity index (χ3n) is 2.46. The molecule has 2 aromatic rings. The summed E-state index contributed by atoms with van der Waals surface area (Å²) in [7, 11) is 1.74. The fourth-order valence-electron chi connectivity index (χ4n) is 1.49. The highest BCUT2D eigenvalue weighted by Gasteiger charge is 2.11. The van der Waals surface area contributed by atoms with Gasteiger partial charge < -0.3 is 10.6 Å². The highest BCUT2D eigenvalue weighted by atomic mass is 35.5. The monoisotopic (exact) mass is 279 g/mol. The summed E-state index contributed by atoms with van der Waals surface area (Å²) in [6.07, 6.45) is 1.51. The molecular weight excluding hydrogens is 269 g/mol. The average molecular weight is 280 g/mol. The second kappa shape index (κ2) is 5.67. The van der Waals surface area contributed by atoms with Crippen LogP contribution in [0.1, 0.15) is 10.5 Å². The lowest BCUT2D eigenvalue weighted by atomic mass is 10.2. The maximum absolute atomic E-state index is 13.1. The SMILES string of the molecule is CNc1ccnc(C(=O)Nc2cc(F)ccc2Cl)c1. The molecule has 0 saturated heterocycles. The predicted octanol–water partition coefficient (Wildman–Crippen LogP) is 3.17. The molecule has 0 aliphatic heterocycles. The Morgan fingerprint density at radius 3 is 2.84 bits per heavy atom. The topological polar surface area (TPSA) is 54.0 Å².